The SMILES string of the molecule is Nc1cnc2ccc(Oc3ccccc3Cl)cc2c1N. The number of nitrogens with two attached hydrogens (primary N) is 2. The number of rotatable bonds is 2. The van der Waals surface area contributed by atoms with Crippen LogP contribution in [0.25, 0.3) is 10.9 Å². The van der Waals surface area contributed by atoms with Crippen LogP contribution in [-0.4, -0.2) is 4.98 Å². The molecule has 0 radical (unpaired) electrons. The number of hydrogen-bond acceptors (Lipinski definition) is 4. The van der Waals surface area contributed by atoms with Gasteiger partial charge in [0.05, 0.1) is 28.1 Å². The molecule has 0 fully saturated rings. The highest BCUT2D eigenvalue weighted by molar-refractivity contribution is 6.32. The van der Waals surface area contributed by atoms with Crippen LogP contribution in [-0.2, 0) is 0 Å². The molecule has 1 heterocycles. The van der Waals surface area contributed by atoms with E-state index in [1.54, 1.807) is 24.4 Å². The molecule has 0 spiro atoms. The standard InChI is InChI=1S/C15H12ClN3O/c16-11-3-1-2-4-14(11)20-9-5-6-13-10(7-9)15(18)12(17)8-19-13/h1-8H,17H2,(H2,18,19). The Morgan fingerprint density at radius 2 is 1.85 bits per heavy atom. The Kier molecular flexibility index (Phi) is 3.08. The molecule has 3 rings (SSSR count). The quantitative estimate of drug-likeness (QED) is 0.750. The number of halogens is 1. The van der Waals surface area contributed by atoms with Crippen LogP contribution in [0.3, 0.4) is 0 Å². The van der Waals surface area contributed by atoms with Gasteiger partial charge in [-0.05, 0) is 30.3 Å². The fourth-order valence-corrected chi connectivity index (χ4v) is 2.10. The van der Waals surface area contributed by atoms with E-state index in [2.05, 4.69) is 4.98 Å². The van der Waals surface area contributed by atoms with E-state index in [0.29, 0.717) is 27.9 Å². The van der Waals surface area contributed by atoms with E-state index >= 15 is 0 Å². The molecule has 0 unspecified atom stereocenters. The van der Waals surface area contributed by atoms with E-state index in [9.17, 15) is 0 Å². The van der Waals surface area contributed by atoms with E-state index in [1.165, 1.54) is 0 Å². The highest BCUT2D eigenvalue weighted by Crippen LogP contribution is 2.32. The zero-order valence-electron chi connectivity index (χ0n) is 10.5. The van der Waals surface area contributed by atoms with Gasteiger partial charge in [0.25, 0.3) is 0 Å². The van der Waals surface area contributed by atoms with Crippen molar-refractivity contribution in [2.45, 2.75) is 0 Å². The summed E-state index contributed by atoms with van der Waals surface area (Å²) in [5, 5.41) is 1.31. The molecular formula is C15H12ClN3O. The van der Waals surface area contributed by atoms with Crippen LogP contribution in [0.1, 0.15) is 0 Å². The number of hydrogen-bond donors (Lipinski definition) is 2. The van der Waals surface area contributed by atoms with Gasteiger partial charge in [-0.2, -0.15) is 0 Å². The number of nitrogens with zero attached hydrogens (tertiary/aromatic N) is 1. The molecule has 100 valence electrons. The maximum atomic E-state index is 6.07. The third kappa shape index (κ3) is 2.21. The lowest BCUT2D eigenvalue weighted by atomic mass is 10.1. The van der Waals surface area contributed by atoms with Crippen molar-refractivity contribution in [2.75, 3.05) is 11.5 Å². The molecule has 4 N–H and O–H groups in total. The molecule has 0 atom stereocenters. The van der Waals surface area contributed by atoms with Crippen LogP contribution in [0.15, 0.2) is 48.7 Å². The first-order chi connectivity index (χ1) is 9.65. The minimum atomic E-state index is 0.451. The van der Waals surface area contributed by atoms with Crippen LogP contribution in [0.5, 0.6) is 11.5 Å². The van der Waals surface area contributed by atoms with Crippen LogP contribution in [0.2, 0.25) is 5.02 Å². The molecule has 0 saturated heterocycles. The Balaban J connectivity index is 2.05. The largest absolute Gasteiger partial charge is 0.456 e. The Morgan fingerprint density at radius 1 is 1.05 bits per heavy atom. The van der Waals surface area contributed by atoms with Crippen molar-refractivity contribution >= 4 is 33.9 Å². The van der Waals surface area contributed by atoms with Gasteiger partial charge in [-0.1, -0.05) is 23.7 Å². The van der Waals surface area contributed by atoms with Crippen molar-refractivity contribution in [3.05, 3.63) is 53.7 Å². The van der Waals surface area contributed by atoms with E-state index in [1.807, 2.05) is 24.3 Å². The summed E-state index contributed by atoms with van der Waals surface area (Å²) in [6.45, 7) is 0. The zero-order chi connectivity index (χ0) is 14.1. The lowest BCUT2D eigenvalue weighted by molar-refractivity contribution is 0.483. The van der Waals surface area contributed by atoms with Crippen molar-refractivity contribution < 1.29 is 4.74 Å². The Bertz CT molecular complexity index is 789. The molecule has 20 heavy (non-hydrogen) atoms. The molecule has 0 aliphatic rings. The van der Waals surface area contributed by atoms with Gasteiger partial charge in [0.2, 0.25) is 0 Å². The molecule has 0 amide bonds. The van der Waals surface area contributed by atoms with Crippen LogP contribution >= 0.6 is 11.6 Å². The molecule has 4 nitrogen and oxygen atoms in total. The third-order valence-corrected chi connectivity index (χ3v) is 3.29. The highest BCUT2D eigenvalue weighted by atomic mass is 35.5. The second kappa shape index (κ2) is 4.90. The second-order valence-corrected chi connectivity index (χ2v) is 4.75. The number of anilines is 2. The molecule has 0 bridgehead atoms. The summed E-state index contributed by atoms with van der Waals surface area (Å²) >= 11 is 6.07. The molecule has 1 aromatic heterocycles. The summed E-state index contributed by atoms with van der Waals surface area (Å²) in [6, 6.07) is 12.7. The number of benzene rings is 2. The topological polar surface area (TPSA) is 74.2 Å². The van der Waals surface area contributed by atoms with E-state index in [0.717, 1.165) is 10.9 Å². The van der Waals surface area contributed by atoms with Crippen molar-refractivity contribution in [1.82, 2.24) is 4.98 Å². The highest BCUT2D eigenvalue weighted by Gasteiger charge is 2.07. The number of nitrogen functional groups attached to an aromatic ring is 2. The van der Waals surface area contributed by atoms with E-state index in [4.69, 9.17) is 27.8 Å². The second-order valence-electron chi connectivity index (χ2n) is 4.34. The van der Waals surface area contributed by atoms with Crippen molar-refractivity contribution in [2.24, 2.45) is 0 Å². The Morgan fingerprint density at radius 3 is 2.65 bits per heavy atom. The van der Waals surface area contributed by atoms with Gasteiger partial charge in [0, 0.05) is 5.39 Å². The van der Waals surface area contributed by atoms with Crippen LogP contribution in [0, 0.1) is 0 Å². The minimum absolute atomic E-state index is 0.451. The van der Waals surface area contributed by atoms with Gasteiger partial charge in [0.15, 0.2) is 0 Å². The first-order valence-corrected chi connectivity index (χ1v) is 6.39. The summed E-state index contributed by atoms with van der Waals surface area (Å²) in [4.78, 5) is 4.22. The minimum Gasteiger partial charge on any atom is -0.456 e. The fourth-order valence-electron chi connectivity index (χ4n) is 1.93. The number of pyridine rings is 1. The maximum Gasteiger partial charge on any atom is 0.146 e. The fraction of sp³-hybridized carbons (Fsp3) is 0. The summed E-state index contributed by atoms with van der Waals surface area (Å²) in [5.74, 6) is 1.22. The third-order valence-electron chi connectivity index (χ3n) is 2.98. The Labute approximate surface area is 120 Å². The summed E-state index contributed by atoms with van der Waals surface area (Å²) in [6.07, 6.45) is 1.55. The molecule has 5 heteroatoms. The average molecular weight is 286 g/mol. The van der Waals surface area contributed by atoms with Gasteiger partial charge < -0.3 is 16.2 Å². The van der Waals surface area contributed by atoms with E-state index < -0.39 is 0 Å². The van der Waals surface area contributed by atoms with Crippen molar-refractivity contribution in [1.29, 1.82) is 0 Å². The lowest BCUT2D eigenvalue weighted by Crippen LogP contribution is -1.97. The van der Waals surface area contributed by atoms with Crippen molar-refractivity contribution in [3.63, 3.8) is 0 Å². The van der Waals surface area contributed by atoms with Gasteiger partial charge in [-0.25, -0.2) is 0 Å². The Hall–Kier alpha value is -2.46. The van der Waals surface area contributed by atoms with Gasteiger partial charge >= 0.3 is 0 Å². The van der Waals surface area contributed by atoms with Crippen LogP contribution in [0.4, 0.5) is 11.4 Å². The zero-order valence-corrected chi connectivity index (χ0v) is 11.3. The van der Waals surface area contributed by atoms with Gasteiger partial charge in [-0.3, -0.25) is 4.98 Å². The molecule has 0 aliphatic carbocycles. The molecule has 0 saturated carbocycles. The number of fused-ring (bicyclic) bond motifs is 1. The number of aromatic nitrogens is 1. The van der Waals surface area contributed by atoms with Gasteiger partial charge in [0.1, 0.15) is 11.5 Å². The number of para-hydroxylation sites is 1. The molecular weight excluding hydrogens is 274 g/mol. The maximum absolute atomic E-state index is 6.07. The van der Waals surface area contributed by atoms with Crippen molar-refractivity contribution in [3.8, 4) is 11.5 Å². The monoisotopic (exact) mass is 285 g/mol. The first-order valence-electron chi connectivity index (χ1n) is 6.01. The molecule has 2 aromatic carbocycles. The molecule has 3 aromatic rings. The summed E-state index contributed by atoms with van der Waals surface area (Å²) in [5.41, 5.74) is 13.4. The molecule has 0 aliphatic heterocycles. The first kappa shape index (κ1) is 12.6. The van der Waals surface area contributed by atoms with Gasteiger partial charge in [-0.15, -0.1) is 0 Å². The number of ether oxygens (including phenoxy) is 1. The predicted molar refractivity (Wildman–Crippen MR) is 82.1 cm³/mol. The lowest BCUT2D eigenvalue weighted by Gasteiger charge is -2.09. The predicted octanol–water partition coefficient (Wildman–Crippen LogP) is 3.84. The average Bonchev–Trinajstić information content (AvgIpc) is 2.46. The van der Waals surface area contributed by atoms with Crippen LogP contribution < -0.4 is 16.2 Å². The van der Waals surface area contributed by atoms with E-state index in [-0.39, 0.29) is 0 Å². The normalized spacial score (nSPS) is 10.7. The smallest absolute Gasteiger partial charge is 0.146 e. The summed E-state index contributed by atoms with van der Waals surface area (Å²) in [7, 11) is 0. The summed E-state index contributed by atoms with van der Waals surface area (Å²) < 4.78 is 5.76.